The van der Waals surface area contributed by atoms with Crippen molar-refractivity contribution in [2.75, 3.05) is 36.5 Å². The maximum atomic E-state index is 12.9. The number of benzene rings is 1. The first-order chi connectivity index (χ1) is 18.3. The first kappa shape index (κ1) is 26.8. The van der Waals surface area contributed by atoms with E-state index in [0.29, 0.717) is 60.4 Å². The highest BCUT2D eigenvalue weighted by atomic mass is 16.5. The molecule has 1 aliphatic heterocycles. The van der Waals surface area contributed by atoms with Crippen molar-refractivity contribution < 1.29 is 13.9 Å². The average molecular weight is 513 g/mol. The van der Waals surface area contributed by atoms with Crippen LogP contribution < -0.4 is 15.6 Å². The zero-order valence-corrected chi connectivity index (χ0v) is 22.2. The Bertz CT molecular complexity index is 1510. The molecule has 1 N–H and O–H groups in total. The van der Waals surface area contributed by atoms with Gasteiger partial charge in [-0.15, -0.1) is 0 Å². The van der Waals surface area contributed by atoms with Gasteiger partial charge in [-0.3, -0.25) is 9.59 Å². The minimum absolute atomic E-state index is 0.0150. The first-order valence-corrected chi connectivity index (χ1v) is 12.5. The zero-order chi connectivity index (χ0) is 27.2. The number of fused-ring (bicyclic) bond motifs is 1. The summed E-state index contributed by atoms with van der Waals surface area (Å²) in [5, 5.41) is 3.63. The number of anilines is 2. The summed E-state index contributed by atoms with van der Waals surface area (Å²) in [6.45, 7) is 13.6. The summed E-state index contributed by atoms with van der Waals surface area (Å²) in [6, 6.07) is 10.8. The van der Waals surface area contributed by atoms with Crippen molar-refractivity contribution in [2.24, 2.45) is 4.99 Å². The van der Waals surface area contributed by atoms with Crippen molar-refractivity contribution in [3.05, 3.63) is 88.5 Å². The predicted molar refractivity (Wildman–Crippen MR) is 153 cm³/mol. The van der Waals surface area contributed by atoms with Crippen LogP contribution in [0.2, 0.25) is 0 Å². The summed E-state index contributed by atoms with van der Waals surface area (Å²) in [5.74, 6) is 1.55. The molecule has 1 saturated heterocycles. The highest BCUT2D eigenvalue weighted by Crippen LogP contribution is 2.30. The molecular formula is C30H32N4O4. The van der Waals surface area contributed by atoms with Gasteiger partial charge in [0.25, 0.3) is 0 Å². The number of pyridine rings is 1. The number of morpholine rings is 1. The van der Waals surface area contributed by atoms with E-state index in [2.05, 4.69) is 21.9 Å². The molecule has 0 bridgehead atoms. The van der Waals surface area contributed by atoms with Crippen molar-refractivity contribution in [3.8, 4) is 11.1 Å². The molecule has 1 fully saturated rings. The van der Waals surface area contributed by atoms with Crippen molar-refractivity contribution >= 4 is 34.2 Å². The second-order valence-electron chi connectivity index (χ2n) is 9.06. The molecule has 1 aromatic carbocycles. The Morgan fingerprint density at radius 3 is 2.58 bits per heavy atom. The van der Waals surface area contributed by atoms with Crippen LogP contribution in [-0.2, 0) is 9.53 Å². The van der Waals surface area contributed by atoms with Crippen molar-refractivity contribution in [2.45, 2.75) is 27.7 Å². The Kier molecular flexibility index (Phi) is 8.33. The van der Waals surface area contributed by atoms with Gasteiger partial charge in [0.1, 0.15) is 17.2 Å². The third-order valence-corrected chi connectivity index (χ3v) is 6.37. The molecule has 4 rings (SSSR count). The number of para-hydroxylation sites is 1. The van der Waals surface area contributed by atoms with Crippen LogP contribution in [-0.4, -0.2) is 42.8 Å². The number of hydrogen-bond donors (Lipinski definition) is 1. The second kappa shape index (κ2) is 11.8. The molecule has 2 aromatic heterocycles. The molecule has 0 saturated carbocycles. The lowest BCUT2D eigenvalue weighted by Gasteiger charge is -2.27. The van der Waals surface area contributed by atoms with E-state index in [0.717, 1.165) is 22.4 Å². The lowest BCUT2D eigenvalue weighted by Crippen LogP contribution is -2.36. The van der Waals surface area contributed by atoms with Gasteiger partial charge in [0.15, 0.2) is 17.1 Å². The van der Waals surface area contributed by atoms with Crippen LogP contribution in [0, 0.1) is 0 Å². The minimum Gasteiger partial charge on any atom is -0.440 e. The number of nitrogens with one attached hydrogen (secondary N) is 1. The summed E-state index contributed by atoms with van der Waals surface area (Å²) in [7, 11) is 0. The number of Topliss-reactive ketones (excluding diaryl/α,β-unsaturated/α-hetero) is 1. The maximum absolute atomic E-state index is 12.9. The quantitative estimate of drug-likeness (QED) is 0.241. The topological polar surface area (TPSA) is 97.0 Å². The number of ketones is 1. The van der Waals surface area contributed by atoms with Crippen LogP contribution in [0.25, 0.3) is 22.1 Å². The van der Waals surface area contributed by atoms with E-state index in [9.17, 15) is 9.59 Å². The lowest BCUT2D eigenvalue weighted by molar-refractivity contribution is -0.113. The molecule has 0 unspecified atom stereocenters. The molecule has 1 aliphatic rings. The van der Waals surface area contributed by atoms with Gasteiger partial charge in [0.2, 0.25) is 0 Å². The van der Waals surface area contributed by atoms with E-state index in [4.69, 9.17) is 9.15 Å². The number of nitrogens with zero attached hydrogens (tertiary/aromatic N) is 3. The largest absolute Gasteiger partial charge is 0.440 e. The van der Waals surface area contributed by atoms with Crippen molar-refractivity contribution in [1.82, 2.24) is 4.98 Å². The smallest absolute Gasteiger partial charge is 0.200 e. The van der Waals surface area contributed by atoms with Crippen LogP contribution in [0.4, 0.5) is 11.7 Å². The van der Waals surface area contributed by atoms with Gasteiger partial charge >= 0.3 is 0 Å². The Hall–Kier alpha value is -4.30. The van der Waals surface area contributed by atoms with E-state index in [1.165, 1.54) is 6.92 Å². The molecule has 0 aliphatic carbocycles. The fourth-order valence-electron chi connectivity index (χ4n) is 4.13. The molecule has 38 heavy (non-hydrogen) atoms. The number of rotatable bonds is 8. The van der Waals surface area contributed by atoms with Gasteiger partial charge in [0.05, 0.1) is 18.6 Å². The molecular weight excluding hydrogens is 480 g/mol. The Balaban J connectivity index is 1.56. The summed E-state index contributed by atoms with van der Waals surface area (Å²) in [4.78, 5) is 35.5. The molecule has 3 aromatic rings. The standard InChI is InChI=1S/C30H32N4O4/c1-6-23(16-19(2)21(4)35)20(3)32-22(5)33-28-11-10-24(18-31-28)25-8-7-9-26-27(36)17-29(38-30(25)26)34-12-14-37-15-13-34/h6-11,16-18H,5,12-15H2,1-4H3,(H,31,33)/b19-16+,23-6-,32-20-. The zero-order valence-electron chi connectivity index (χ0n) is 22.2. The Morgan fingerprint density at radius 1 is 1.16 bits per heavy atom. The summed E-state index contributed by atoms with van der Waals surface area (Å²) < 4.78 is 11.7. The van der Waals surface area contributed by atoms with E-state index in [1.54, 1.807) is 25.3 Å². The third-order valence-electron chi connectivity index (χ3n) is 6.37. The van der Waals surface area contributed by atoms with Gasteiger partial charge < -0.3 is 19.4 Å². The summed E-state index contributed by atoms with van der Waals surface area (Å²) in [6.07, 6.45) is 5.44. The Morgan fingerprint density at radius 2 is 1.92 bits per heavy atom. The molecule has 8 nitrogen and oxygen atoms in total. The first-order valence-electron chi connectivity index (χ1n) is 12.5. The third kappa shape index (κ3) is 6.15. The molecule has 0 spiro atoms. The van der Waals surface area contributed by atoms with Crippen LogP contribution >= 0.6 is 0 Å². The summed E-state index contributed by atoms with van der Waals surface area (Å²) in [5.41, 5.74) is 4.27. The van der Waals surface area contributed by atoms with Crippen LogP contribution in [0.5, 0.6) is 0 Å². The fourth-order valence-corrected chi connectivity index (χ4v) is 4.13. The number of carbonyl (C=O) groups excluding carboxylic acids is 1. The van der Waals surface area contributed by atoms with Gasteiger partial charge in [-0.1, -0.05) is 24.8 Å². The van der Waals surface area contributed by atoms with Gasteiger partial charge in [0, 0.05) is 42.2 Å². The van der Waals surface area contributed by atoms with E-state index in [1.807, 2.05) is 55.2 Å². The number of allylic oxidation sites excluding steroid dienone is 4. The maximum Gasteiger partial charge on any atom is 0.200 e. The predicted octanol–water partition coefficient (Wildman–Crippen LogP) is 5.52. The molecule has 196 valence electrons. The molecule has 0 amide bonds. The van der Waals surface area contributed by atoms with Crippen molar-refractivity contribution in [3.63, 3.8) is 0 Å². The SMILES string of the molecule is C=C(\N=C(C)/C(=C\C)/C=C(\C)C(C)=O)Nc1ccc(-c2cccc3c(=O)cc(N4CCOCC4)oc23)cn1. The number of carbonyl (C=O) groups is 1. The molecule has 8 heteroatoms. The fraction of sp³-hybridized carbons (Fsp3) is 0.267. The minimum atomic E-state index is -0.0841. The normalized spacial score (nSPS) is 15.1. The number of hydrogen-bond acceptors (Lipinski definition) is 8. The van der Waals surface area contributed by atoms with Gasteiger partial charge in [-0.2, -0.15) is 0 Å². The van der Waals surface area contributed by atoms with Crippen LogP contribution in [0.3, 0.4) is 0 Å². The van der Waals surface area contributed by atoms with Crippen LogP contribution in [0.1, 0.15) is 27.7 Å². The monoisotopic (exact) mass is 512 g/mol. The van der Waals surface area contributed by atoms with Crippen molar-refractivity contribution in [1.29, 1.82) is 0 Å². The Labute approximate surface area is 222 Å². The number of ether oxygens (including phenoxy) is 1. The lowest BCUT2D eigenvalue weighted by atomic mass is 10.0. The van der Waals surface area contributed by atoms with E-state index in [-0.39, 0.29) is 11.2 Å². The summed E-state index contributed by atoms with van der Waals surface area (Å²) >= 11 is 0. The number of aromatic nitrogens is 1. The highest BCUT2D eigenvalue weighted by molar-refractivity contribution is 6.04. The second-order valence-corrected chi connectivity index (χ2v) is 9.06. The molecule has 0 radical (unpaired) electrons. The van der Waals surface area contributed by atoms with Crippen LogP contribution in [0.15, 0.2) is 92.5 Å². The van der Waals surface area contributed by atoms with E-state index < -0.39 is 0 Å². The van der Waals surface area contributed by atoms with Gasteiger partial charge in [-0.25, -0.2) is 9.98 Å². The molecule has 3 heterocycles. The van der Waals surface area contributed by atoms with Gasteiger partial charge in [-0.05, 0) is 63.1 Å². The van der Waals surface area contributed by atoms with E-state index >= 15 is 0 Å². The number of aliphatic imine (C=N–C) groups is 1. The molecule has 0 atom stereocenters. The average Bonchev–Trinajstić information content (AvgIpc) is 2.92. The highest BCUT2D eigenvalue weighted by Gasteiger charge is 2.17.